The van der Waals surface area contributed by atoms with Gasteiger partial charge in [-0.15, -0.1) is 6.42 Å². The first-order valence-corrected chi connectivity index (χ1v) is 12.0. The van der Waals surface area contributed by atoms with Crippen molar-refractivity contribution < 1.29 is 4.79 Å². The molecule has 1 aliphatic carbocycles. The summed E-state index contributed by atoms with van der Waals surface area (Å²) in [5.41, 5.74) is 6.31. The Labute approximate surface area is 208 Å². The molecule has 0 unspecified atom stereocenters. The lowest BCUT2D eigenvalue weighted by Crippen LogP contribution is -2.48. The molecular weight excluding hydrogens is 452 g/mol. The van der Waals surface area contributed by atoms with E-state index in [1.165, 1.54) is 0 Å². The van der Waals surface area contributed by atoms with Crippen LogP contribution in [-0.4, -0.2) is 61.4 Å². The molecule has 4 aromatic heterocycles. The highest BCUT2D eigenvalue weighted by molar-refractivity contribution is 5.93. The molecule has 0 N–H and O–H groups in total. The van der Waals surface area contributed by atoms with Gasteiger partial charge in [-0.3, -0.25) is 9.48 Å². The van der Waals surface area contributed by atoms with E-state index in [0.717, 1.165) is 52.1 Å². The molecule has 9 heteroatoms. The Hall–Kier alpha value is -4.63. The second-order valence-electron chi connectivity index (χ2n) is 9.31. The number of aryl methyl sites for hydroxylation is 1. The van der Waals surface area contributed by atoms with E-state index in [1.54, 1.807) is 15.6 Å². The van der Waals surface area contributed by atoms with Gasteiger partial charge < -0.3 is 9.80 Å². The molecule has 2 aliphatic rings. The summed E-state index contributed by atoms with van der Waals surface area (Å²) in [4.78, 5) is 20.3. The molecule has 2 fully saturated rings. The summed E-state index contributed by atoms with van der Waals surface area (Å²) in [6.45, 7) is 2.49. The molecule has 9 nitrogen and oxygen atoms in total. The van der Waals surface area contributed by atoms with Crippen molar-refractivity contribution in [1.82, 2.24) is 29.3 Å². The first kappa shape index (κ1) is 21.9. The molecule has 0 radical (unpaired) electrons. The minimum atomic E-state index is -0.269. The maximum absolute atomic E-state index is 11.8. The predicted molar refractivity (Wildman–Crippen MR) is 135 cm³/mol. The van der Waals surface area contributed by atoms with Crippen molar-refractivity contribution in [3.8, 4) is 40.7 Å². The summed E-state index contributed by atoms with van der Waals surface area (Å²) in [7, 11) is 1.95. The van der Waals surface area contributed by atoms with Crippen molar-refractivity contribution in [3.63, 3.8) is 0 Å². The third kappa shape index (κ3) is 3.75. The van der Waals surface area contributed by atoms with Crippen LogP contribution in [0.2, 0.25) is 0 Å². The first-order chi connectivity index (χ1) is 17.6. The third-order valence-corrected chi connectivity index (χ3v) is 6.94. The van der Waals surface area contributed by atoms with Gasteiger partial charge in [0.05, 0.1) is 23.0 Å². The number of hydrogen-bond donors (Lipinski definition) is 0. The molecule has 36 heavy (non-hydrogen) atoms. The maximum Gasteiger partial charge on any atom is 0.298 e. The fourth-order valence-corrected chi connectivity index (χ4v) is 4.92. The predicted octanol–water partition coefficient (Wildman–Crippen LogP) is 2.83. The van der Waals surface area contributed by atoms with Crippen LogP contribution in [0.4, 0.5) is 5.82 Å². The van der Waals surface area contributed by atoms with E-state index in [4.69, 9.17) is 16.5 Å². The summed E-state index contributed by atoms with van der Waals surface area (Å²) < 4.78 is 3.65. The van der Waals surface area contributed by atoms with Gasteiger partial charge in [0.2, 0.25) is 0 Å². The normalized spacial score (nSPS) is 15.6. The van der Waals surface area contributed by atoms with Crippen LogP contribution >= 0.6 is 0 Å². The molecule has 1 aliphatic heterocycles. The number of fused-ring (bicyclic) bond motifs is 1. The monoisotopic (exact) mass is 476 g/mol. The second-order valence-corrected chi connectivity index (χ2v) is 9.31. The lowest BCUT2D eigenvalue weighted by atomic mass is 9.99. The van der Waals surface area contributed by atoms with Gasteiger partial charge in [0.25, 0.3) is 5.91 Å². The number of anilines is 1. The number of rotatable bonds is 4. The Bertz CT molecular complexity index is 1550. The Kier molecular flexibility index (Phi) is 5.19. The molecule has 4 aromatic rings. The number of nitriles is 1. The minimum Gasteiger partial charge on any atom is -0.353 e. The number of aromatic nitrogens is 5. The molecule has 1 saturated heterocycles. The van der Waals surface area contributed by atoms with Crippen molar-refractivity contribution >= 4 is 17.2 Å². The highest BCUT2D eigenvalue weighted by Crippen LogP contribution is 2.44. The second kappa shape index (κ2) is 8.54. The largest absolute Gasteiger partial charge is 0.353 e. The van der Waals surface area contributed by atoms with Gasteiger partial charge in [0, 0.05) is 80.0 Å². The standard InChI is InChI=1S/C27H24N8O/c1-3-25(36)34-10-8-33(9-11-34)24-7-6-19(14-29-24)22-12-20(16-35-27(22)21(13-28)15-30-35)23-17-32(2)31-26(23)18-4-5-18/h1,6-7,12,14-18H,4-5,8-11H2,2H3. The van der Waals surface area contributed by atoms with Gasteiger partial charge in [0.1, 0.15) is 11.9 Å². The van der Waals surface area contributed by atoms with Gasteiger partial charge in [-0.1, -0.05) is 0 Å². The average molecular weight is 477 g/mol. The fraction of sp³-hybridized carbons (Fsp3) is 0.296. The lowest BCUT2D eigenvalue weighted by Gasteiger charge is -2.34. The van der Waals surface area contributed by atoms with Crippen molar-refractivity contribution in [2.75, 3.05) is 31.1 Å². The molecule has 6 rings (SSSR count). The van der Waals surface area contributed by atoms with Crippen LogP contribution in [0.1, 0.15) is 30.0 Å². The molecule has 0 aromatic carbocycles. The van der Waals surface area contributed by atoms with Crippen LogP contribution in [0.5, 0.6) is 0 Å². The molecule has 1 saturated carbocycles. The van der Waals surface area contributed by atoms with Crippen molar-refractivity contribution in [1.29, 1.82) is 5.26 Å². The van der Waals surface area contributed by atoms with Crippen molar-refractivity contribution in [3.05, 3.63) is 54.2 Å². The summed E-state index contributed by atoms with van der Waals surface area (Å²) in [6, 6.07) is 8.40. The van der Waals surface area contributed by atoms with Crippen LogP contribution in [0.3, 0.4) is 0 Å². The lowest BCUT2D eigenvalue weighted by molar-refractivity contribution is -0.125. The van der Waals surface area contributed by atoms with Crippen LogP contribution in [0, 0.1) is 23.7 Å². The Morgan fingerprint density at radius 3 is 2.56 bits per heavy atom. The number of nitrogens with zero attached hydrogens (tertiary/aromatic N) is 8. The zero-order valence-electron chi connectivity index (χ0n) is 19.9. The van der Waals surface area contributed by atoms with Crippen LogP contribution in [-0.2, 0) is 11.8 Å². The zero-order chi connectivity index (χ0) is 24.8. The van der Waals surface area contributed by atoms with E-state index in [1.807, 2.05) is 36.3 Å². The van der Waals surface area contributed by atoms with E-state index in [-0.39, 0.29) is 5.91 Å². The van der Waals surface area contributed by atoms with Gasteiger partial charge in [-0.05, 0) is 37.0 Å². The van der Waals surface area contributed by atoms with Crippen molar-refractivity contribution in [2.24, 2.45) is 7.05 Å². The number of carbonyl (C=O) groups is 1. The number of pyridine rings is 2. The number of carbonyl (C=O) groups excluding carboxylic acids is 1. The molecule has 0 atom stereocenters. The third-order valence-electron chi connectivity index (χ3n) is 6.94. The summed E-state index contributed by atoms with van der Waals surface area (Å²) >= 11 is 0. The van der Waals surface area contributed by atoms with E-state index >= 15 is 0 Å². The topological polar surface area (TPSA) is 95.4 Å². The van der Waals surface area contributed by atoms with Gasteiger partial charge >= 0.3 is 0 Å². The molecule has 0 spiro atoms. The smallest absolute Gasteiger partial charge is 0.298 e. The van der Waals surface area contributed by atoms with Crippen LogP contribution in [0.15, 0.2) is 43.0 Å². The van der Waals surface area contributed by atoms with Crippen molar-refractivity contribution in [2.45, 2.75) is 18.8 Å². The molecule has 0 bridgehead atoms. The first-order valence-electron chi connectivity index (χ1n) is 12.0. The number of terminal acetylenes is 1. The van der Waals surface area contributed by atoms with Gasteiger partial charge in [-0.2, -0.15) is 15.5 Å². The van der Waals surface area contributed by atoms with Gasteiger partial charge in [-0.25, -0.2) is 9.50 Å². The highest BCUT2D eigenvalue weighted by atomic mass is 16.2. The summed E-state index contributed by atoms with van der Waals surface area (Å²) in [5, 5.41) is 18.9. The minimum absolute atomic E-state index is 0.269. The number of hydrogen-bond acceptors (Lipinski definition) is 6. The summed E-state index contributed by atoms with van der Waals surface area (Å²) in [6.07, 6.45) is 15.0. The molecular formula is C27H24N8O. The maximum atomic E-state index is 11.8. The quantitative estimate of drug-likeness (QED) is 0.421. The molecule has 1 amide bonds. The zero-order valence-corrected chi connectivity index (χ0v) is 19.9. The number of piperazine rings is 1. The Morgan fingerprint density at radius 2 is 1.89 bits per heavy atom. The Balaban J connectivity index is 1.37. The van der Waals surface area contributed by atoms with E-state index in [0.29, 0.717) is 37.7 Å². The fourth-order valence-electron chi connectivity index (χ4n) is 4.92. The van der Waals surface area contributed by atoms with Gasteiger partial charge in [0.15, 0.2) is 0 Å². The van der Waals surface area contributed by atoms with Crippen LogP contribution in [0.25, 0.3) is 27.8 Å². The summed E-state index contributed by atoms with van der Waals surface area (Å²) in [5.74, 6) is 3.26. The average Bonchev–Trinajstić information content (AvgIpc) is 3.56. The van der Waals surface area contributed by atoms with E-state index < -0.39 is 0 Å². The Morgan fingerprint density at radius 1 is 1.08 bits per heavy atom. The van der Waals surface area contributed by atoms with E-state index in [2.05, 4.69) is 34.3 Å². The SMILES string of the molecule is C#CC(=O)N1CCN(c2ccc(-c3cc(-c4cn(C)nc4C4CC4)cn4ncc(C#N)c34)cn2)CC1. The molecule has 5 heterocycles. The highest BCUT2D eigenvalue weighted by Gasteiger charge is 2.30. The van der Waals surface area contributed by atoms with E-state index in [9.17, 15) is 10.1 Å². The molecule has 178 valence electrons. The van der Waals surface area contributed by atoms with Crippen LogP contribution < -0.4 is 4.90 Å². The number of amides is 1.